The second-order valence-corrected chi connectivity index (χ2v) is 7.58. The average Bonchev–Trinajstić information content (AvgIpc) is 2.48. The molecule has 0 bridgehead atoms. The fraction of sp³-hybridized carbons (Fsp3) is 0.500. The van der Waals surface area contributed by atoms with Crippen molar-refractivity contribution in [1.82, 2.24) is 0 Å². The first-order valence-corrected chi connectivity index (χ1v) is 10.1. The molecular weight excluding hydrogens is 455 g/mol. The predicted molar refractivity (Wildman–Crippen MR) is 83.0 cm³/mol. The maximum atomic E-state index is 11.2. The number of benzene rings is 1. The predicted octanol–water partition coefficient (Wildman–Crippen LogP) is -0.896. The molecule has 0 atom stereocenters. The van der Waals surface area contributed by atoms with Crippen LogP contribution in [0.4, 0.5) is 0 Å². The molecule has 0 saturated heterocycles. The maximum absolute atomic E-state index is 11.2. The standard InChI is InChI=1S/C18H26IO2.BrH/c1-3-4-5-6-7-11-14-18(21-16(2)20)15-19-17-12-9-8-10-13-17;/h8-10,12-13,15H,3-7,11,14H2,1-2H3;1H/q+1;/p-1/b18-15-;. The van der Waals surface area contributed by atoms with Crippen molar-refractivity contribution in [2.24, 2.45) is 0 Å². The van der Waals surface area contributed by atoms with Crippen LogP contribution in [0.5, 0.6) is 0 Å². The Morgan fingerprint density at radius 2 is 1.73 bits per heavy atom. The Morgan fingerprint density at radius 1 is 1.09 bits per heavy atom. The zero-order chi connectivity index (χ0) is 15.3. The minimum absolute atomic E-state index is 0. The number of hydrogen-bond donors (Lipinski definition) is 0. The summed E-state index contributed by atoms with van der Waals surface area (Å²) >= 11 is -0.217. The topological polar surface area (TPSA) is 26.3 Å². The van der Waals surface area contributed by atoms with Crippen molar-refractivity contribution in [2.45, 2.75) is 58.8 Å². The van der Waals surface area contributed by atoms with Crippen LogP contribution in [0.3, 0.4) is 0 Å². The van der Waals surface area contributed by atoms with Crippen molar-refractivity contribution in [1.29, 1.82) is 0 Å². The number of unbranched alkanes of at least 4 members (excludes halogenated alkanes) is 5. The van der Waals surface area contributed by atoms with E-state index in [1.807, 2.05) is 6.07 Å². The quantitative estimate of drug-likeness (QED) is 0.188. The van der Waals surface area contributed by atoms with Crippen LogP contribution in [0.1, 0.15) is 58.8 Å². The largest absolute Gasteiger partial charge is 1.00 e. The number of esters is 1. The fourth-order valence-electron chi connectivity index (χ4n) is 2.00. The van der Waals surface area contributed by atoms with E-state index in [2.05, 4.69) is 35.3 Å². The minimum Gasteiger partial charge on any atom is -1.00 e. The van der Waals surface area contributed by atoms with E-state index in [4.69, 9.17) is 4.74 Å². The average molecular weight is 481 g/mol. The van der Waals surface area contributed by atoms with E-state index in [0.717, 1.165) is 18.6 Å². The lowest BCUT2D eigenvalue weighted by molar-refractivity contribution is -0.558. The Bertz CT molecular complexity index is 432. The molecule has 0 heterocycles. The van der Waals surface area contributed by atoms with Crippen LogP contribution in [0.2, 0.25) is 0 Å². The van der Waals surface area contributed by atoms with Crippen molar-refractivity contribution in [3.63, 3.8) is 0 Å². The van der Waals surface area contributed by atoms with Crippen molar-refractivity contribution >= 4 is 5.97 Å². The number of allylic oxidation sites excluding steroid dienone is 1. The Hall–Kier alpha value is -0.360. The number of rotatable bonds is 10. The van der Waals surface area contributed by atoms with Gasteiger partial charge in [0, 0.05) is 13.3 Å². The molecule has 0 fully saturated rings. The molecule has 4 heteroatoms. The van der Waals surface area contributed by atoms with E-state index in [1.165, 1.54) is 42.6 Å². The van der Waals surface area contributed by atoms with Crippen molar-refractivity contribution in [2.75, 3.05) is 0 Å². The highest BCUT2D eigenvalue weighted by molar-refractivity contribution is 5.67. The van der Waals surface area contributed by atoms with Crippen molar-refractivity contribution in [3.8, 4) is 0 Å². The van der Waals surface area contributed by atoms with Gasteiger partial charge in [0.15, 0.2) is 13.4 Å². The summed E-state index contributed by atoms with van der Waals surface area (Å²) in [5, 5.41) is 0. The maximum Gasteiger partial charge on any atom is 0.353 e. The lowest BCUT2D eigenvalue weighted by Crippen LogP contribution is -3.59. The molecule has 1 aromatic carbocycles. The van der Waals surface area contributed by atoms with Gasteiger partial charge >= 0.3 is 27.2 Å². The molecule has 0 saturated carbocycles. The van der Waals surface area contributed by atoms with Crippen LogP contribution in [0.25, 0.3) is 0 Å². The number of ether oxygens (including phenoxy) is 1. The molecular formula is C18H26BrIO2. The van der Waals surface area contributed by atoms with E-state index >= 15 is 0 Å². The first-order chi connectivity index (χ1) is 10.2. The van der Waals surface area contributed by atoms with E-state index in [9.17, 15) is 4.79 Å². The van der Waals surface area contributed by atoms with Crippen LogP contribution in [-0.4, -0.2) is 5.97 Å². The van der Waals surface area contributed by atoms with Gasteiger partial charge in [0.2, 0.25) is 0 Å². The molecule has 0 aromatic heterocycles. The number of hydrogen-bond acceptors (Lipinski definition) is 2. The second kappa shape index (κ2) is 14.2. The SMILES string of the molecule is CCCCCCCC/C(=C/[I+]c1ccccc1)OC(C)=O.[Br-]. The Morgan fingerprint density at radius 3 is 2.36 bits per heavy atom. The first kappa shape index (κ1) is 21.6. The molecule has 22 heavy (non-hydrogen) atoms. The van der Waals surface area contributed by atoms with Gasteiger partial charge in [-0.15, -0.1) is 0 Å². The van der Waals surface area contributed by atoms with E-state index < -0.39 is 0 Å². The minimum atomic E-state index is -0.217. The second-order valence-electron chi connectivity index (χ2n) is 5.09. The zero-order valence-electron chi connectivity index (χ0n) is 13.5. The molecule has 0 aliphatic carbocycles. The molecule has 0 radical (unpaired) electrons. The molecule has 124 valence electrons. The third-order valence-corrected chi connectivity index (χ3v) is 5.53. The molecule has 0 N–H and O–H groups in total. The molecule has 0 spiro atoms. The van der Waals surface area contributed by atoms with Crippen molar-refractivity contribution in [3.05, 3.63) is 43.7 Å². The number of carbonyl (C=O) groups is 1. The normalized spacial score (nSPS) is 10.9. The molecule has 0 unspecified atom stereocenters. The van der Waals surface area contributed by atoms with E-state index in [-0.39, 0.29) is 44.2 Å². The first-order valence-electron chi connectivity index (χ1n) is 7.78. The summed E-state index contributed by atoms with van der Waals surface area (Å²) in [4.78, 5) is 11.2. The molecule has 0 aliphatic rings. The van der Waals surface area contributed by atoms with Gasteiger partial charge in [-0.3, -0.25) is 4.79 Å². The van der Waals surface area contributed by atoms with Crippen LogP contribution in [0.15, 0.2) is 40.2 Å². The monoisotopic (exact) mass is 480 g/mol. The highest BCUT2D eigenvalue weighted by atomic mass is 127. The highest BCUT2D eigenvalue weighted by Gasteiger charge is 2.12. The van der Waals surface area contributed by atoms with Crippen molar-refractivity contribution < 1.29 is 47.7 Å². The molecule has 2 nitrogen and oxygen atoms in total. The van der Waals surface area contributed by atoms with E-state index in [0.29, 0.717) is 0 Å². The zero-order valence-corrected chi connectivity index (χ0v) is 17.2. The van der Waals surface area contributed by atoms with Gasteiger partial charge in [-0.05, 0) is 18.6 Å². The van der Waals surface area contributed by atoms with Crippen LogP contribution >= 0.6 is 0 Å². The molecule has 0 amide bonds. The smallest absolute Gasteiger partial charge is 0.353 e. The Labute approximate surface area is 155 Å². The third kappa shape index (κ3) is 11.2. The summed E-state index contributed by atoms with van der Waals surface area (Å²) in [6.07, 6.45) is 8.43. The van der Waals surface area contributed by atoms with Gasteiger partial charge < -0.3 is 21.7 Å². The van der Waals surface area contributed by atoms with Gasteiger partial charge in [-0.25, -0.2) is 0 Å². The van der Waals surface area contributed by atoms with Crippen LogP contribution in [0, 0.1) is 3.57 Å². The van der Waals surface area contributed by atoms with Gasteiger partial charge in [-0.2, -0.15) is 0 Å². The number of carbonyl (C=O) groups excluding carboxylic acids is 1. The fourth-order valence-corrected chi connectivity index (χ4v) is 3.98. The van der Waals surface area contributed by atoms with Crippen LogP contribution < -0.4 is 38.2 Å². The molecule has 1 rings (SSSR count). The summed E-state index contributed by atoms with van der Waals surface area (Å²) < 4.78 is 8.85. The summed E-state index contributed by atoms with van der Waals surface area (Å²) in [6, 6.07) is 10.4. The van der Waals surface area contributed by atoms with Gasteiger partial charge in [0.25, 0.3) is 0 Å². The molecule has 1 aromatic rings. The van der Waals surface area contributed by atoms with Gasteiger partial charge in [0.1, 0.15) is 0 Å². The number of halogens is 2. The highest BCUT2D eigenvalue weighted by Crippen LogP contribution is 2.11. The third-order valence-electron chi connectivity index (χ3n) is 3.09. The Kier molecular flexibility index (Phi) is 14.0. The molecule has 0 aliphatic heterocycles. The summed E-state index contributed by atoms with van der Waals surface area (Å²) in [7, 11) is 0. The Balaban J connectivity index is 0.00000441. The van der Waals surface area contributed by atoms with Gasteiger partial charge in [0.05, 0.1) is 0 Å². The lowest BCUT2D eigenvalue weighted by atomic mass is 10.1. The summed E-state index contributed by atoms with van der Waals surface area (Å²) in [6.45, 7) is 3.71. The van der Waals surface area contributed by atoms with E-state index in [1.54, 1.807) is 0 Å². The summed E-state index contributed by atoms with van der Waals surface area (Å²) in [5.74, 6) is 0.666. The lowest BCUT2D eigenvalue weighted by Gasteiger charge is -2.04. The van der Waals surface area contributed by atoms with Gasteiger partial charge in [-0.1, -0.05) is 57.2 Å². The van der Waals surface area contributed by atoms with Crippen LogP contribution in [-0.2, 0) is 9.53 Å². The summed E-state index contributed by atoms with van der Waals surface area (Å²) in [5.41, 5.74) is 0.